The minimum atomic E-state index is -0.468. The first-order valence-electron chi connectivity index (χ1n) is 7.00. The molecule has 110 valence electrons. The topological polar surface area (TPSA) is 41.6 Å². The van der Waals surface area contributed by atoms with Gasteiger partial charge >= 0.3 is 0 Å². The quantitative estimate of drug-likeness (QED) is 0.907. The maximum Gasteiger partial charge on any atom is 0.263 e. The van der Waals surface area contributed by atoms with Crippen molar-refractivity contribution in [1.82, 2.24) is 10.2 Å². The van der Waals surface area contributed by atoms with E-state index in [1.165, 1.54) is 0 Å². The number of amides is 1. The highest BCUT2D eigenvalue weighted by Crippen LogP contribution is 2.24. The predicted molar refractivity (Wildman–Crippen MR) is 80.1 cm³/mol. The van der Waals surface area contributed by atoms with E-state index in [-0.39, 0.29) is 5.91 Å². The van der Waals surface area contributed by atoms with Crippen LogP contribution in [0.2, 0.25) is 5.02 Å². The fourth-order valence-electron chi connectivity index (χ4n) is 2.43. The molecule has 5 heteroatoms. The van der Waals surface area contributed by atoms with Crippen molar-refractivity contribution >= 4 is 17.5 Å². The molecule has 1 aliphatic heterocycles. The number of carbonyl (C=O) groups is 1. The summed E-state index contributed by atoms with van der Waals surface area (Å²) in [5.41, 5.74) is 0.959. The normalized spacial score (nSPS) is 16.2. The Kier molecular flexibility index (Phi) is 5.26. The van der Waals surface area contributed by atoms with E-state index in [9.17, 15) is 4.79 Å². The van der Waals surface area contributed by atoms with E-state index in [0.29, 0.717) is 17.3 Å². The van der Waals surface area contributed by atoms with Gasteiger partial charge in [-0.05, 0) is 45.0 Å². The summed E-state index contributed by atoms with van der Waals surface area (Å²) in [5.74, 6) is 0.775. The van der Waals surface area contributed by atoms with Gasteiger partial charge in [0, 0.05) is 30.2 Å². The lowest BCUT2D eigenvalue weighted by molar-refractivity contribution is -0.136. The number of rotatable bonds is 5. The molecule has 4 nitrogen and oxygen atoms in total. The Balaban J connectivity index is 2.06. The standard InChI is InChI=1S/C15H21ClN2O2/c1-11(15(19)18-7-3-4-8-18)20-14-6-5-13(16)9-12(14)10-17-2/h5-6,9,11,17H,3-4,7-8,10H2,1-2H3. The smallest absolute Gasteiger partial charge is 0.263 e. The molecule has 2 rings (SSSR count). The van der Waals surface area contributed by atoms with Gasteiger partial charge in [0.05, 0.1) is 0 Å². The van der Waals surface area contributed by atoms with E-state index in [1.807, 2.05) is 24.1 Å². The molecule has 1 aromatic carbocycles. The van der Waals surface area contributed by atoms with Gasteiger partial charge in [-0.2, -0.15) is 0 Å². The molecule has 1 aromatic rings. The van der Waals surface area contributed by atoms with Gasteiger partial charge in [0.1, 0.15) is 5.75 Å². The molecule has 0 radical (unpaired) electrons. The van der Waals surface area contributed by atoms with Crippen molar-refractivity contribution in [3.05, 3.63) is 28.8 Å². The number of benzene rings is 1. The fraction of sp³-hybridized carbons (Fsp3) is 0.533. The zero-order valence-electron chi connectivity index (χ0n) is 12.0. The fourth-order valence-corrected chi connectivity index (χ4v) is 2.62. The third-order valence-corrected chi connectivity index (χ3v) is 3.69. The second-order valence-corrected chi connectivity index (χ2v) is 5.51. The summed E-state index contributed by atoms with van der Waals surface area (Å²) in [6.45, 7) is 4.14. The van der Waals surface area contributed by atoms with Crippen LogP contribution >= 0.6 is 11.6 Å². The second-order valence-electron chi connectivity index (χ2n) is 5.07. The summed E-state index contributed by atoms with van der Waals surface area (Å²) in [7, 11) is 1.86. The number of halogens is 1. The van der Waals surface area contributed by atoms with Gasteiger partial charge in [-0.1, -0.05) is 11.6 Å². The van der Waals surface area contributed by atoms with Crippen molar-refractivity contribution in [1.29, 1.82) is 0 Å². The molecule has 0 saturated carbocycles. The minimum Gasteiger partial charge on any atom is -0.481 e. The Morgan fingerprint density at radius 3 is 2.80 bits per heavy atom. The molecule has 1 amide bonds. The van der Waals surface area contributed by atoms with Gasteiger partial charge in [-0.3, -0.25) is 4.79 Å². The molecule has 1 aliphatic rings. The summed E-state index contributed by atoms with van der Waals surface area (Å²) >= 11 is 6.00. The summed E-state index contributed by atoms with van der Waals surface area (Å²) in [5, 5.41) is 3.74. The van der Waals surface area contributed by atoms with E-state index in [1.54, 1.807) is 13.0 Å². The van der Waals surface area contributed by atoms with Crippen LogP contribution in [-0.2, 0) is 11.3 Å². The molecule has 1 N–H and O–H groups in total. The molecular formula is C15H21ClN2O2. The molecule has 0 aromatic heterocycles. The molecule has 1 saturated heterocycles. The number of likely N-dealkylation sites (tertiary alicyclic amines) is 1. The van der Waals surface area contributed by atoms with Gasteiger partial charge in [-0.25, -0.2) is 0 Å². The van der Waals surface area contributed by atoms with Crippen molar-refractivity contribution in [2.75, 3.05) is 20.1 Å². The lowest BCUT2D eigenvalue weighted by Crippen LogP contribution is -2.38. The molecule has 1 atom stereocenters. The number of ether oxygens (including phenoxy) is 1. The SMILES string of the molecule is CNCc1cc(Cl)ccc1OC(C)C(=O)N1CCCC1. The van der Waals surface area contributed by atoms with Crippen LogP contribution in [0.5, 0.6) is 5.75 Å². The molecule has 0 bridgehead atoms. The second kappa shape index (κ2) is 6.95. The molecule has 0 aliphatic carbocycles. The zero-order chi connectivity index (χ0) is 14.5. The van der Waals surface area contributed by atoms with Crippen LogP contribution in [0.3, 0.4) is 0 Å². The third-order valence-electron chi connectivity index (χ3n) is 3.46. The number of hydrogen-bond donors (Lipinski definition) is 1. The molecule has 1 fully saturated rings. The summed E-state index contributed by atoms with van der Waals surface area (Å²) in [4.78, 5) is 14.1. The highest BCUT2D eigenvalue weighted by atomic mass is 35.5. The number of nitrogens with zero attached hydrogens (tertiary/aromatic N) is 1. The maximum absolute atomic E-state index is 12.2. The monoisotopic (exact) mass is 296 g/mol. The van der Waals surface area contributed by atoms with Gasteiger partial charge < -0.3 is 15.0 Å². The van der Waals surface area contributed by atoms with Gasteiger partial charge in [0.2, 0.25) is 0 Å². The average Bonchev–Trinajstić information content (AvgIpc) is 2.95. The van der Waals surface area contributed by atoms with Crippen LogP contribution in [0.15, 0.2) is 18.2 Å². The van der Waals surface area contributed by atoms with E-state index < -0.39 is 6.10 Å². The first-order valence-corrected chi connectivity index (χ1v) is 7.38. The van der Waals surface area contributed by atoms with Crippen molar-refractivity contribution in [3.63, 3.8) is 0 Å². The van der Waals surface area contributed by atoms with Crippen molar-refractivity contribution < 1.29 is 9.53 Å². The number of hydrogen-bond acceptors (Lipinski definition) is 3. The van der Waals surface area contributed by atoms with E-state index in [0.717, 1.165) is 31.5 Å². The predicted octanol–water partition coefficient (Wildman–Crippen LogP) is 2.45. The van der Waals surface area contributed by atoms with Gasteiger partial charge in [0.25, 0.3) is 5.91 Å². The number of carbonyl (C=O) groups excluding carboxylic acids is 1. The molecule has 1 heterocycles. The van der Waals surface area contributed by atoms with Crippen molar-refractivity contribution in [2.45, 2.75) is 32.4 Å². The highest BCUT2D eigenvalue weighted by molar-refractivity contribution is 6.30. The van der Waals surface area contributed by atoms with E-state index in [2.05, 4.69) is 5.32 Å². The van der Waals surface area contributed by atoms with Crippen LogP contribution in [0.4, 0.5) is 0 Å². The lowest BCUT2D eigenvalue weighted by atomic mass is 10.2. The first kappa shape index (κ1) is 15.1. The zero-order valence-corrected chi connectivity index (χ0v) is 12.7. The Labute approximate surface area is 125 Å². The molecular weight excluding hydrogens is 276 g/mol. The highest BCUT2D eigenvalue weighted by Gasteiger charge is 2.25. The molecule has 0 spiro atoms. The van der Waals surface area contributed by atoms with Crippen LogP contribution in [0.25, 0.3) is 0 Å². The Morgan fingerprint density at radius 2 is 2.15 bits per heavy atom. The van der Waals surface area contributed by atoms with Crippen LogP contribution in [-0.4, -0.2) is 37.0 Å². The minimum absolute atomic E-state index is 0.0628. The Hall–Kier alpha value is -1.26. The third kappa shape index (κ3) is 3.64. The van der Waals surface area contributed by atoms with Gasteiger partial charge in [-0.15, -0.1) is 0 Å². The maximum atomic E-state index is 12.2. The van der Waals surface area contributed by atoms with E-state index >= 15 is 0 Å². The Morgan fingerprint density at radius 1 is 1.45 bits per heavy atom. The first-order chi connectivity index (χ1) is 9.61. The average molecular weight is 297 g/mol. The van der Waals surface area contributed by atoms with E-state index in [4.69, 9.17) is 16.3 Å². The Bertz CT molecular complexity index is 473. The summed E-state index contributed by atoms with van der Waals surface area (Å²) in [6, 6.07) is 5.46. The van der Waals surface area contributed by atoms with Crippen molar-refractivity contribution in [3.8, 4) is 5.75 Å². The largest absolute Gasteiger partial charge is 0.481 e. The summed E-state index contributed by atoms with van der Waals surface area (Å²) in [6.07, 6.45) is 1.71. The van der Waals surface area contributed by atoms with Gasteiger partial charge in [0.15, 0.2) is 6.10 Å². The van der Waals surface area contributed by atoms with Crippen molar-refractivity contribution in [2.24, 2.45) is 0 Å². The lowest BCUT2D eigenvalue weighted by Gasteiger charge is -2.22. The van der Waals surface area contributed by atoms with Crippen LogP contribution in [0.1, 0.15) is 25.3 Å². The molecule has 1 unspecified atom stereocenters. The number of nitrogens with one attached hydrogen (secondary N) is 1. The molecule has 20 heavy (non-hydrogen) atoms. The van der Waals surface area contributed by atoms with Crippen LogP contribution in [0, 0.1) is 0 Å². The van der Waals surface area contributed by atoms with Crippen LogP contribution < -0.4 is 10.1 Å². The summed E-state index contributed by atoms with van der Waals surface area (Å²) < 4.78 is 5.84.